The molecule has 2 heterocycles. The first-order valence-electron chi connectivity index (χ1n) is 8.42. The lowest BCUT2D eigenvalue weighted by atomic mass is 10.0. The monoisotopic (exact) mass is 337 g/mol. The molecule has 8 nitrogen and oxygen atoms in total. The smallest absolute Gasteiger partial charge is 0.237 e. The molecule has 1 N–H and O–H groups in total. The van der Waals surface area contributed by atoms with Gasteiger partial charge in [0.05, 0.1) is 19.0 Å². The van der Waals surface area contributed by atoms with Gasteiger partial charge < -0.3 is 10.2 Å². The lowest BCUT2D eigenvalue weighted by Gasteiger charge is -2.35. The van der Waals surface area contributed by atoms with Gasteiger partial charge in [0.25, 0.3) is 0 Å². The molecule has 1 aromatic rings. The summed E-state index contributed by atoms with van der Waals surface area (Å²) in [5, 5.41) is 10.4. The van der Waals surface area contributed by atoms with Crippen LogP contribution in [0.25, 0.3) is 0 Å². The van der Waals surface area contributed by atoms with E-state index in [0.29, 0.717) is 30.4 Å². The lowest BCUT2D eigenvalue weighted by molar-refractivity contribution is -0.138. The Bertz CT molecular complexity index is 572. The molecule has 1 saturated heterocycles. The number of nitrogens with one attached hydrogen (secondary N) is 1. The number of carbonyl (C=O) groups is 2. The molecule has 8 heteroatoms. The van der Waals surface area contributed by atoms with Crippen molar-refractivity contribution in [2.24, 2.45) is 5.92 Å². The zero-order chi connectivity index (χ0) is 17.7. The van der Waals surface area contributed by atoms with Crippen molar-refractivity contribution in [1.29, 1.82) is 0 Å². The van der Waals surface area contributed by atoms with Crippen molar-refractivity contribution in [2.75, 3.05) is 26.7 Å². The third kappa shape index (κ3) is 4.77. The zero-order valence-corrected chi connectivity index (χ0v) is 14.9. The molecular formula is C16H27N5O3. The predicted molar refractivity (Wildman–Crippen MR) is 88.0 cm³/mol. The zero-order valence-electron chi connectivity index (χ0n) is 14.9. The van der Waals surface area contributed by atoms with Crippen LogP contribution in [0.3, 0.4) is 0 Å². The van der Waals surface area contributed by atoms with E-state index in [1.807, 2.05) is 0 Å². The number of hydrogen-bond donors (Lipinski definition) is 1. The van der Waals surface area contributed by atoms with E-state index in [1.165, 1.54) is 0 Å². The van der Waals surface area contributed by atoms with Gasteiger partial charge in [-0.05, 0) is 25.8 Å². The minimum absolute atomic E-state index is 0.0639. The van der Waals surface area contributed by atoms with Gasteiger partial charge in [0.15, 0.2) is 0 Å². The second-order valence-corrected chi connectivity index (χ2v) is 6.78. The highest BCUT2D eigenvalue weighted by molar-refractivity contribution is 5.88. The molecule has 2 amide bonds. The van der Waals surface area contributed by atoms with Crippen molar-refractivity contribution in [3.8, 4) is 0 Å². The second kappa shape index (κ2) is 8.23. The summed E-state index contributed by atoms with van der Waals surface area (Å²) < 4.78 is 4.65. The van der Waals surface area contributed by atoms with Crippen molar-refractivity contribution < 1.29 is 14.2 Å². The van der Waals surface area contributed by atoms with Crippen LogP contribution in [-0.4, -0.2) is 64.7 Å². The van der Waals surface area contributed by atoms with Gasteiger partial charge in [-0.15, -0.1) is 0 Å². The highest BCUT2D eigenvalue weighted by Gasteiger charge is 2.32. The Kier molecular flexibility index (Phi) is 6.30. The lowest BCUT2D eigenvalue weighted by Crippen LogP contribution is -2.56. The summed E-state index contributed by atoms with van der Waals surface area (Å²) in [7, 11) is 1.70. The van der Waals surface area contributed by atoms with Gasteiger partial charge in [-0.2, -0.15) is 0 Å². The normalized spacial score (nSPS) is 18.7. The SMILES string of the molecule is Cc1nonc1CN(C)C(=O)CC1C(=O)NCCN1CCC(C)C. The van der Waals surface area contributed by atoms with Gasteiger partial charge in [-0.3, -0.25) is 14.5 Å². The fourth-order valence-corrected chi connectivity index (χ4v) is 2.70. The molecule has 0 aromatic carbocycles. The minimum Gasteiger partial charge on any atom is -0.353 e. The van der Waals surface area contributed by atoms with Crippen LogP contribution in [0.4, 0.5) is 0 Å². The second-order valence-electron chi connectivity index (χ2n) is 6.78. The van der Waals surface area contributed by atoms with E-state index >= 15 is 0 Å². The number of piperazine rings is 1. The predicted octanol–water partition coefficient (Wildman–Crippen LogP) is 0.573. The molecule has 0 radical (unpaired) electrons. The molecule has 1 aromatic heterocycles. The standard InChI is InChI=1S/C16H27N5O3/c1-11(2)5-7-21-8-6-17-16(23)14(21)9-15(22)20(4)10-13-12(3)18-24-19-13/h11,14H,5-10H2,1-4H3,(H,17,23). The molecule has 24 heavy (non-hydrogen) atoms. The summed E-state index contributed by atoms with van der Waals surface area (Å²) in [4.78, 5) is 28.4. The quantitative estimate of drug-likeness (QED) is 0.782. The van der Waals surface area contributed by atoms with E-state index in [-0.39, 0.29) is 18.2 Å². The van der Waals surface area contributed by atoms with Crippen LogP contribution in [0.5, 0.6) is 0 Å². The molecule has 0 saturated carbocycles. The maximum atomic E-state index is 12.5. The Morgan fingerprint density at radius 1 is 1.46 bits per heavy atom. The Morgan fingerprint density at radius 3 is 2.83 bits per heavy atom. The van der Waals surface area contributed by atoms with Gasteiger partial charge >= 0.3 is 0 Å². The fourth-order valence-electron chi connectivity index (χ4n) is 2.70. The maximum absolute atomic E-state index is 12.5. The Morgan fingerprint density at radius 2 is 2.21 bits per heavy atom. The number of amides is 2. The van der Waals surface area contributed by atoms with Crippen molar-refractivity contribution in [1.82, 2.24) is 25.4 Å². The van der Waals surface area contributed by atoms with Crippen LogP contribution in [0.2, 0.25) is 0 Å². The Balaban J connectivity index is 1.95. The van der Waals surface area contributed by atoms with Gasteiger partial charge in [0, 0.05) is 20.1 Å². The van der Waals surface area contributed by atoms with Gasteiger partial charge in [-0.1, -0.05) is 24.2 Å². The highest BCUT2D eigenvalue weighted by Crippen LogP contribution is 2.14. The molecular weight excluding hydrogens is 310 g/mol. The molecule has 1 aliphatic heterocycles. The third-order valence-corrected chi connectivity index (χ3v) is 4.36. The highest BCUT2D eigenvalue weighted by atomic mass is 16.6. The molecule has 1 atom stereocenters. The van der Waals surface area contributed by atoms with Gasteiger partial charge in [0.2, 0.25) is 11.8 Å². The topological polar surface area (TPSA) is 91.6 Å². The van der Waals surface area contributed by atoms with Crippen LogP contribution in [-0.2, 0) is 16.1 Å². The molecule has 0 bridgehead atoms. The van der Waals surface area contributed by atoms with Crippen LogP contribution in [0.1, 0.15) is 38.1 Å². The molecule has 1 unspecified atom stereocenters. The fraction of sp³-hybridized carbons (Fsp3) is 0.750. The number of rotatable bonds is 7. The van der Waals surface area contributed by atoms with Crippen molar-refractivity contribution >= 4 is 11.8 Å². The largest absolute Gasteiger partial charge is 0.353 e. The first kappa shape index (κ1) is 18.4. The van der Waals surface area contributed by atoms with Gasteiger partial charge in [-0.25, -0.2) is 4.63 Å². The van der Waals surface area contributed by atoms with E-state index in [0.717, 1.165) is 19.5 Å². The van der Waals surface area contributed by atoms with E-state index in [2.05, 4.69) is 39.0 Å². The maximum Gasteiger partial charge on any atom is 0.237 e. The summed E-state index contributed by atoms with van der Waals surface area (Å²) in [5.41, 5.74) is 1.30. The average Bonchev–Trinajstić information content (AvgIpc) is 2.92. The van der Waals surface area contributed by atoms with E-state index < -0.39 is 6.04 Å². The molecule has 0 spiro atoms. The Hall–Kier alpha value is -1.96. The van der Waals surface area contributed by atoms with Gasteiger partial charge in [0.1, 0.15) is 11.4 Å². The van der Waals surface area contributed by atoms with Crippen molar-refractivity contribution in [3.63, 3.8) is 0 Å². The average molecular weight is 337 g/mol. The number of carbonyl (C=O) groups excluding carboxylic acids is 2. The van der Waals surface area contributed by atoms with Crippen LogP contribution in [0, 0.1) is 12.8 Å². The first-order chi connectivity index (χ1) is 11.4. The van der Waals surface area contributed by atoms with E-state index in [4.69, 9.17) is 0 Å². The van der Waals surface area contributed by atoms with E-state index in [1.54, 1.807) is 18.9 Å². The molecule has 1 fully saturated rings. The molecule has 0 aliphatic carbocycles. The van der Waals surface area contributed by atoms with E-state index in [9.17, 15) is 9.59 Å². The summed E-state index contributed by atoms with van der Waals surface area (Å²) in [6.45, 7) is 8.69. The first-order valence-corrected chi connectivity index (χ1v) is 8.42. The number of aromatic nitrogens is 2. The summed E-state index contributed by atoms with van der Waals surface area (Å²) in [6, 6.07) is -0.399. The van der Waals surface area contributed by atoms with Crippen molar-refractivity contribution in [3.05, 3.63) is 11.4 Å². The number of aryl methyl sites for hydroxylation is 1. The summed E-state index contributed by atoms with van der Waals surface area (Å²) in [6.07, 6.45) is 1.18. The van der Waals surface area contributed by atoms with Crippen LogP contribution < -0.4 is 5.32 Å². The minimum atomic E-state index is -0.399. The number of nitrogens with zero attached hydrogens (tertiary/aromatic N) is 4. The molecule has 2 rings (SSSR count). The number of hydrogen-bond acceptors (Lipinski definition) is 6. The summed E-state index contributed by atoms with van der Waals surface area (Å²) in [5.74, 6) is 0.414. The third-order valence-electron chi connectivity index (χ3n) is 4.36. The van der Waals surface area contributed by atoms with Crippen LogP contribution in [0.15, 0.2) is 4.63 Å². The van der Waals surface area contributed by atoms with Crippen molar-refractivity contribution in [2.45, 2.75) is 46.2 Å². The summed E-state index contributed by atoms with van der Waals surface area (Å²) >= 11 is 0. The van der Waals surface area contributed by atoms with Crippen LogP contribution >= 0.6 is 0 Å². The molecule has 1 aliphatic rings. The Labute approximate surface area is 142 Å². The molecule has 134 valence electrons.